The van der Waals surface area contributed by atoms with Crippen molar-refractivity contribution in [3.8, 4) is 0 Å². The summed E-state index contributed by atoms with van der Waals surface area (Å²) in [7, 11) is 0. The van der Waals surface area contributed by atoms with E-state index in [4.69, 9.17) is 0 Å². The van der Waals surface area contributed by atoms with E-state index in [1.807, 2.05) is 18.7 Å². The molecule has 1 aliphatic rings. The number of hydrogen-bond donors (Lipinski definition) is 1. The van der Waals surface area contributed by atoms with Crippen LogP contribution in [-0.4, -0.2) is 22.5 Å². The highest BCUT2D eigenvalue weighted by molar-refractivity contribution is 5.70. The standard InChI is InChI=1S/C26H29F6NO2/c1-16(2)3-12-22(17-4-8-20(9-5-17)25(27,28)29)33-14-13-19(24(34)35)15-23(33)18-6-10-21(11-7-18)26(30,31)32/h4-11,16,19,22-23H,3,12-15H2,1-2H3,(H,34,35)/t19-,22+,23+/m1/s1. The van der Waals surface area contributed by atoms with Crippen LogP contribution in [0.3, 0.4) is 0 Å². The lowest BCUT2D eigenvalue weighted by Crippen LogP contribution is -2.41. The second-order valence-electron chi connectivity index (χ2n) is 9.54. The van der Waals surface area contributed by atoms with Crippen molar-refractivity contribution in [1.29, 1.82) is 0 Å². The van der Waals surface area contributed by atoms with Gasteiger partial charge in [0.25, 0.3) is 0 Å². The molecular formula is C26H29F6NO2. The predicted molar refractivity (Wildman–Crippen MR) is 120 cm³/mol. The summed E-state index contributed by atoms with van der Waals surface area (Å²) in [5.74, 6) is -1.29. The van der Waals surface area contributed by atoms with E-state index >= 15 is 0 Å². The summed E-state index contributed by atoms with van der Waals surface area (Å²) in [6, 6.07) is 8.89. The van der Waals surface area contributed by atoms with Gasteiger partial charge in [-0.25, -0.2) is 0 Å². The maximum atomic E-state index is 13.1. The molecule has 9 heteroatoms. The Morgan fingerprint density at radius 2 is 1.43 bits per heavy atom. The van der Waals surface area contributed by atoms with Gasteiger partial charge >= 0.3 is 18.3 Å². The summed E-state index contributed by atoms with van der Waals surface area (Å²) in [6.45, 7) is 4.44. The number of carbonyl (C=O) groups is 1. The summed E-state index contributed by atoms with van der Waals surface area (Å²) >= 11 is 0. The van der Waals surface area contributed by atoms with Crippen LogP contribution in [0.4, 0.5) is 26.3 Å². The molecule has 0 amide bonds. The average Bonchev–Trinajstić information content (AvgIpc) is 2.78. The molecule has 2 aromatic rings. The van der Waals surface area contributed by atoms with E-state index in [0.717, 1.165) is 30.7 Å². The lowest BCUT2D eigenvalue weighted by atomic mass is 9.83. The number of nitrogens with zero attached hydrogens (tertiary/aromatic N) is 1. The second kappa shape index (κ2) is 10.6. The zero-order valence-corrected chi connectivity index (χ0v) is 19.5. The molecule has 2 aromatic carbocycles. The summed E-state index contributed by atoms with van der Waals surface area (Å²) in [5, 5.41) is 9.60. The first kappa shape index (κ1) is 27.0. The third-order valence-electron chi connectivity index (χ3n) is 6.66. The minimum atomic E-state index is -4.49. The lowest BCUT2D eigenvalue weighted by Gasteiger charge is -2.44. The Morgan fingerprint density at radius 1 is 0.914 bits per heavy atom. The van der Waals surface area contributed by atoms with Crippen LogP contribution in [-0.2, 0) is 17.1 Å². The number of carboxylic acid groups (broad SMARTS) is 1. The van der Waals surface area contributed by atoms with Crippen LogP contribution in [0.2, 0.25) is 0 Å². The molecule has 0 unspecified atom stereocenters. The normalized spacial score (nSPS) is 20.7. The first-order chi connectivity index (χ1) is 16.3. The molecule has 3 rings (SSSR count). The number of halogens is 6. The zero-order valence-electron chi connectivity index (χ0n) is 19.5. The number of carboxylic acids is 1. The Labute approximate surface area is 200 Å². The fourth-order valence-electron chi connectivity index (χ4n) is 4.71. The molecule has 0 spiro atoms. The van der Waals surface area contributed by atoms with Gasteiger partial charge < -0.3 is 5.11 Å². The van der Waals surface area contributed by atoms with Gasteiger partial charge in [-0.1, -0.05) is 38.1 Å². The molecule has 0 aliphatic carbocycles. The van der Waals surface area contributed by atoms with Crippen LogP contribution in [0.5, 0.6) is 0 Å². The minimum absolute atomic E-state index is 0.208. The van der Waals surface area contributed by atoms with Gasteiger partial charge in [-0.15, -0.1) is 0 Å². The predicted octanol–water partition coefficient (Wildman–Crippen LogP) is 7.74. The highest BCUT2D eigenvalue weighted by Gasteiger charge is 2.38. The van der Waals surface area contributed by atoms with Gasteiger partial charge in [0.05, 0.1) is 17.0 Å². The number of piperidine rings is 1. The van der Waals surface area contributed by atoms with Gasteiger partial charge in [0.15, 0.2) is 0 Å². The SMILES string of the molecule is CC(C)CC[C@@H](c1ccc(C(F)(F)F)cc1)N1CC[C@@H](C(=O)O)C[C@H]1c1ccc(C(F)(F)F)cc1. The van der Waals surface area contributed by atoms with E-state index in [1.54, 1.807) is 0 Å². The fourth-order valence-corrected chi connectivity index (χ4v) is 4.71. The maximum Gasteiger partial charge on any atom is 0.416 e. The van der Waals surface area contributed by atoms with Crippen LogP contribution in [0.1, 0.15) is 73.9 Å². The highest BCUT2D eigenvalue weighted by Crippen LogP contribution is 2.43. The van der Waals surface area contributed by atoms with Crippen molar-refractivity contribution < 1.29 is 36.2 Å². The number of likely N-dealkylation sites (tertiary alicyclic amines) is 1. The summed E-state index contributed by atoms with van der Waals surface area (Å²) in [5.41, 5.74) is -0.319. The van der Waals surface area contributed by atoms with E-state index in [1.165, 1.54) is 24.3 Å². The number of benzene rings is 2. The van der Waals surface area contributed by atoms with Crippen LogP contribution >= 0.6 is 0 Å². The molecule has 0 aromatic heterocycles. The van der Waals surface area contributed by atoms with Gasteiger partial charge in [0, 0.05) is 18.6 Å². The smallest absolute Gasteiger partial charge is 0.416 e. The zero-order chi connectivity index (χ0) is 26.0. The van der Waals surface area contributed by atoms with Crippen LogP contribution < -0.4 is 0 Å². The van der Waals surface area contributed by atoms with E-state index in [2.05, 4.69) is 0 Å². The minimum Gasteiger partial charge on any atom is -0.481 e. The van der Waals surface area contributed by atoms with E-state index in [9.17, 15) is 36.2 Å². The number of rotatable bonds is 7. The van der Waals surface area contributed by atoms with Crippen LogP contribution in [0.15, 0.2) is 48.5 Å². The van der Waals surface area contributed by atoms with Gasteiger partial charge in [0.2, 0.25) is 0 Å². The highest BCUT2D eigenvalue weighted by atomic mass is 19.4. The van der Waals surface area contributed by atoms with Crippen molar-refractivity contribution in [3.63, 3.8) is 0 Å². The molecule has 35 heavy (non-hydrogen) atoms. The Bertz CT molecular complexity index is 983. The van der Waals surface area contributed by atoms with Crippen molar-refractivity contribution in [2.24, 2.45) is 11.8 Å². The van der Waals surface area contributed by atoms with Crippen molar-refractivity contribution in [1.82, 2.24) is 4.90 Å². The van der Waals surface area contributed by atoms with Gasteiger partial charge in [-0.2, -0.15) is 26.3 Å². The lowest BCUT2D eigenvalue weighted by molar-refractivity contribution is -0.144. The Balaban J connectivity index is 2.00. The Kier molecular flexibility index (Phi) is 8.19. The molecule has 192 valence electrons. The Hall–Kier alpha value is -2.55. The average molecular weight is 502 g/mol. The third kappa shape index (κ3) is 6.78. The largest absolute Gasteiger partial charge is 0.481 e. The number of hydrogen-bond acceptors (Lipinski definition) is 2. The topological polar surface area (TPSA) is 40.5 Å². The maximum absolute atomic E-state index is 13.1. The molecule has 1 N–H and O–H groups in total. The molecule has 1 aliphatic heterocycles. The van der Waals surface area contributed by atoms with E-state index < -0.39 is 41.4 Å². The van der Waals surface area contributed by atoms with E-state index in [0.29, 0.717) is 36.4 Å². The van der Waals surface area contributed by atoms with Gasteiger partial charge in [-0.05, 0) is 67.0 Å². The molecule has 3 atom stereocenters. The second-order valence-corrected chi connectivity index (χ2v) is 9.54. The monoisotopic (exact) mass is 501 g/mol. The molecule has 0 radical (unpaired) electrons. The van der Waals surface area contributed by atoms with E-state index in [-0.39, 0.29) is 12.5 Å². The molecule has 0 saturated carbocycles. The summed E-state index contributed by atoms with van der Waals surface area (Å²) in [4.78, 5) is 13.8. The van der Waals surface area contributed by atoms with Crippen molar-refractivity contribution in [3.05, 3.63) is 70.8 Å². The number of alkyl halides is 6. The molecule has 1 fully saturated rings. The number of aliphatic carboxylic acids is 1. The van der Waals surface area contributed by atoms with Crippen LogP contribution in [0.25, 0.3) is 0 Å². The third-order valence-corrected chi connectivity index (χ3v) is 6.66. The fraction of sp³-hybridized carbons (Fsp3) is 0.500. The first-order valence-corrected chi connectivity index (χ1v) is 11.6. The van der Waals surface area contributed by atoms with Crippen molar-refractivity contribution in [2.75, 3.05) is 6.54 Å². The molecule has 3 nitrogen and oxygen atoms in total. The summed E-state index contributed by atoms with van der Waals surface area (Å²) < 4.78 is 78.5. The first-order valence-electron chi connectivity index (χ1n) is 11.6. The molecule has 1 heterocycles. The summed E-state index contributed by atoms with van der Waals surface area (Å²) in [6.07, 6.45) is -6.99. The van der Waals surface area contributed by atoms with Crippen LogP contribution in [0, 0.1) is 11.8 Å². The molecule has 1 saturated heterocycles. The van der Waals surface area contributed by atoms with Crippen molar-refractivity contribution >= 4 is 5.97 Å². The molecular weight excluding hydrogens is 472 g/mol. The molecule has 0 bridgehead atoms. The Morgan fingerprint density at radius 3 is 1.89 bits per heavy atom. The quantitative estimate of drug-likeness (QED) is 0.395. The van der Waals surface area contributed by atoms with Crippen molar-refractivity contribution in [2.45, 2.75) is 64.0 Å². The van der Waals surface area contributed by atoms with Gasteiger partial charge in [0.1, 0.15) is 0 Å². The van der Waals surface area contributed by atoms with Gasteiger partial charge in [-0.3, -0.25) is 9.69 Å².